The van der Waals surface area contributed by atoms with Crippen LogP contribution in [-0.4, -0.2) is 54.8 Å². The van der Waals surface area contributed by atoms with Gasteiger partial charge >= 0.3 is 11.8 Å². The molecule has 102 valence electrons. The van der Waals surface area contributed by atoms with Gasteiger partial charge in [0, 0.05) is 39.1 Å². The lowest BCUT2D eigenvalue weighted by molar-refractivity contribution is -0.155. The van der Waals surface area contributed by atoms with Gasteiger partial charge in [-0.3, -0.25) is 9.59 Å². The summed E-state index contributed by atoms with van der Waals surface area (Å²) in [6.07, 6.45) is 0. The summed E-state index contributed by atoms with van der Waals surface area (Å²) in [6, 6.07) is 9.85. The normalized spacial score (nSPS) is 17.8. The molecule has 1 heterocycles. The number of piperazine rings is 1. The first-order chi connectivity index (χ1) is 9.13. The maximum absolute atomic E-state index is 11.9. The average Bonchev–Trinajstić information content (AvgIpc) is 2.45. The van der Waals surface area contributed by atoms with Crippen LogP contribution >= 0.6 is 0 Å². The number of amides is 2. The Hall–Kier alpha value is -1.88. The first kappa shape index (κ1) is 13.5. The fourth-order valence-corrected chi connectivity index (χ4v) is 2.25. The van der Waals surface area contributed by atoms with Gasteiger partial charge in [0.25, 0.3) is 0 Å². The highest BCUT2D eigenvalue weighted by molar-refractivity contribution is 6.35. The van der Waals surface area contributed by atoms with E-state index in [1.807, 2.05) is 30.3 Å². The number of nitrogens with two attached hydrogens (primary N) is 1. The van der Waals surface area contributed by atoms with Gasteiger partial charge in [-0.25, -0.2) is 0 Å². The smallest absolute Gasteiger partial charge is 0.312 e. The molecule has 1 unspecified atom stereocenters. The Morgan fingerprint density at radius 2 is 1.84 bits per heavy atom. The minimum Gasteiger partial charge on any atom is -0.336 e. The molecule has 0 aromatic heterocycles. The van der Waals surface area contributed by atoms with Crippen LogP contribution in [0, 0.1) is 0 Å². The number of hydrogen-bond donors (Lipinski definition) is 1. The Labute approximate surface area is 113 Å². The maximum Gasteiger partial charge on any atom is 0.312 e. The summed E-state index contributed by atoms with van der Waals surface area (Å²) in [7, 11) is 1.65. The minimum atomic E-state index is -0.435. The van der Waals surface area contributed by atoms with Crippen molar-refractivity contribution in [2.75, 3.05) is 33.2 Å². The van der Waals surface area contributed by atoms with Gasteiger partial charge < -0.3 is 15.5 Å². The van der Waals surface area contributed by atoms with Gasteiger partial charge in [0.1, 0.15) is 0 Å². The zero-order valence-electron chi connectivity index (χ0n) is 11.1. The number of carbonyl (C=O) groups is 2. The first-order valence-electron chi connectivity index (χ1n) is 6.43. The van der Waals surface area contributed by atoms with Crippen LogP contribution in [0.15, 0.2) is 30.3 Å². The molecule has 2 N–H and O–H groups in total. The van der Waals surface area contributed by atoms with Crippen molar-refractivity contribution < 1.29 is 9.59 Å². The largest absolute Gasteiger partial charge is 0.336 e. The summed E-state index contributed by atoms with van der Waals surface area (Å²) >= 11 is 0. The van der Waals surface area contributed by atoms with E-state index in [4.69, 9.17) is 5.73 Å². The summed E-state index contributed by atoms with van der Waals surface area (Å²) < 4.78 is 0. The monoisotopic (exact) mass is 261 g/mol. The molecule has 1 atom stereocenters. The summed E-state index contributed by atoms with van der Waals surface area (Å²) in [6.45, 7) is 2.11. The van der Waals surface area contributed by atoms with Crippen LogP contribution in [0.2, 0.25) is 0 Å². The van der Waals surface area contributed by atoms with Gasteiger partial charge in [0.05, 0.1) is 0 Å². The molecular formula is C14H19N3O2. The van der Waals surface area contributed by atoms with Crippen LogP contribution in [0.25, 0.3) is 0 Å². The van der Waals surface area contributed by atoms with Crippen molar-refractivity contribution in [1.29, 1.82) is 0 Å². The van der Waals surface area contributed by atoms with Crippen LogP contribution in [0.1, 0.15) is 11.5 Å². The molecule has 1 fully saturated rings. The minimum absolute atomic E-state index is 0.0707. The number of hydrogen-bond acceptors (Lipinski definition) is 3. The van der Waals surface area contributed by atoms with Crippen LogP contribution in [-0.2, 0) is 9.59 Å². The van der Waals surface area contributed by atoms with E-state index in [9.17, 15) is 9.59 Å². The van der Waals surface area contributed by atoms with Crippen molar-refractivity contribution in [2.45, 2.75) is 5.92 Å². The second-order valence-electron chi connectivity index (χ2n) is 4.82. The van der Waals surface area contributed by atoms with Gasteiger partial charge in [-0.05, 0) is 5.56 Å². The topological polar surface area (TPSA) is 66.6 Å². The van der Waals surface area contributed by atoms with Crippen molar-refractivity contribution in [3.8, 4) is 0 Å². The standard InChI is InChI=1S/C14H19N3O2/c1-16-7-8-17(14(19)13(16)18)10-12(9-15)11-5-3-2-4-6-11/h2-6,12H,7-10,15H2,1H3. The third-order valence-corrected chi connectivity index (χ3v) is 3.52. The lowest BCUT2D eigenvalue weighted by Crippen LogP contribution is -2.54. The predicted molar refractivity (Wildman–Crippen MR) is 72.5 cm³/mol. The fourth-order valence-electron chi connectivity index (χ4n) is 2.25. The van der Waals surface area contributed by atoms with E-state index in [0.29, 0.717) is 26.2 Å². The van der Waals surface area contributed by atoms with E-state index < -0.39 is 11.8 Å². The maximum atomic E-state index is 11.9. The molecule has 5 heteroatoms. The summed E-state index contributed by atoms with van der Waals surface area (Å²) in [4.78, 5) is 26.6. The third kappa shape index (κ3) is 2.93. The quantitative estimate of drug-likeness (QED) is 0.778. The number of benzene rings is 1. The average molecular weight is 261 g/mol. The molecule has 0 saturated carbocycles. The van der Waals surface area contributed by atoms with E-state index in [1.54, 1.807) is 11.9 Å². The molecular weight excluding hydrogens is 242 g/mol. The van der Waals surface area contributed by atoms with Crippen LogP contribution in [0.5, 0.6) is 0 Å². The van der Waals surface area contributed by atoms with Crippen molar-refractivity contribution in [3.63, 3.8) is 0 Å². The van der Waals surface area contributed by atoms with E-state index in [2.05, 4.69) is 0 Å². The van der Waals surface area contributed by atoms with Crippen molar-refractivity contribution in [2.24, 2.45) is 5.73 Å². The SMILES string of the molecule is CN1CCN(CC(CN)c2ccccc2)C(=O)C1=O. The molecule has 1 aromatic carbocycles. The Bertz CT molecular complexity index is 461. The van der Waals surface area contributed by atoms with Gasteiger partial charge in [-0.15, -0.1) is 0 Å². The van der Waals surface area contributed by atoms with Crippen LogP contribution in [0.4, 0.5) is 0 Å². The Balaban J connectivity index is 2.07. The second kappa shape index (κ2) is 5.84. The van der Waals surface area contributed by atoms with E-state index in [1.165, 1.54) is 4.90 Å². The van der Waals surface area contributed by atoms with Gasteiger partial charge in [-0.2, -0.15) is 0 Å². The molecule has 1 aliphatic heterocycles. The molecule has 1 aliphatic rings. The Morgan fingerprint density at radius 3 is 2.47 bits per heavy atom. The Morgan fingerprint density at radius 1 is 1.16 bits per heavy atom. The molecule has 5 nitrogen and oxygen atoms in total. The molecule has 2 rings (SSSR count). The number of carbonyl (C=O) groups excluding carboxylic acids is 2. The molecule has 0 bridgehead atoms. The van der Waals surface area contributed by atoms with E-state index in [-0.39, 0.29) is 5.92 Å². The highest BCUT2D eigenvalue weighted by Crippen LogP contribution is 2.17. The van der Waals surface area contributed by atoms with Crippen LogP contribution < -0.4 is 5.73 Å². The zero-order chi connectivity index (χ0) is 13.8. The highest BCUT2D eigenvalue weighted by Gasteiger charge is 2.31. The fraction of sp³-hybridized carbons (Fsp3) is 0.429. The molecule has 0 spiro atoms. The summed E-state index contributed by atoms with van der Waals surface area (Å²) in [5, 5.41) is 0. The number of likely N-dealkylation sites (N-methyl/N-ethyl adjacent to an activating group) is 1. The molecule has 19 heavy (non-hydrogen) atoms. The van der Waals surface area contributed by atoms with Crippen molar-refractivity contribution in [3.05, 3.63) is 35.9 Å². The lowest BCUT2D eigenvalue weighted by Gasteiger charge is -2.33. The van der Waals surface area contributed by atoms with Crippen molar-refractivity contribution >= 4 is 11.8 Å². The third-order valence-electron chi connectivity index (χ3n) is 3.52. The number of nitrogens with zero attached hydrogens (tertiary/aromatic N) is 2. The van der Waals surface area contributed by atoms with E-state index in [0.717, 1.165) is 5.56 Å². The molecule has 1 aromatic rings. The Kier molecular flexibility index (Phi) is 4.16. The first-order valence-corrected chi connectivity index (χ1v) is 6.43. The molecule has 1 saturated heterocycles. The molecule has 0 aliphatic carbocycles. The van der Waals surface area contributed by atoms with Crippen LogP contribution in [0.3, 0.4) is 0 Å². The zero-order valence-corrected chi connectivity index (χ0v) is 11.1. The highest BCUT2D eigenvalue weighted by atomic mass is 16.2. The number of rotatable bonds is 4. The molecule has 2 amide bonds. The lowest BCUT2D eigenvalue weighted by atomic mass is 9.98. The van der Waals surface area contributed by atoms with Gasteiger partial charge in [0.2, 0.25) is 0 Å². The van der Waals surface area contributed by atoms with E-state index >= 15 is 0 Å². The van der Waals surface area contributed by atoms with Gasteiger partial charge in [-0.1, -0.05) is 30.3 Å². The van der Waals surface area contributed by atoms with Gasteiger partial charge in [0.15, 0.2) is 0 Å². The predicted octanol–water partition coefficient (Wildman–Crippen LogP) is 0.0295. The summed E-state index contributed by atoms with van der Waals surface area (Å²) in [5.74, 6) is -0.792. The molecule has 0 radical (unpaired) electrons. The summed E-state index contributed by atoms with van der Waals surface area (Å²) in [5.41, 5.74) is 6.90. The second-order valence-corrected chi connectivity index (χ2v) is 4.82. The van der Waals surface area contributed by atoms with Crippen molar-refractivity contribution in [1.82, 2.24) is 9.80 Å².